The van der Waals surface area contributed by atoms with Crippen molar-refractivity contribution in [2.24, 2.45) is 0 Å². The molecule has 0 bridgehead atoms. The molecule has 1 N–H and O–H groups in total. The molecule has 40 heavy (non-hydrogen) atoms. The van der Waals surface area contributed by atoms with Gasteiger partial charge in [-0.2, -0.15) is 0 Å². The summed E-state index contributed by atoms with van der Waals surface area (Å²) in [7, 11) is 3.20. The first kappa shape index (κ1) is 29.0. The molecule has 0 spiro atoms. The van der Waals surface area contributed by atoms with Crippen LogP contribution in [0.5, 0.6) is 17.2 Å². The number of aryl methyl sites for hydroxylation is 1. The molecule has 1 saturated heterocycles. The van der Waals surface area contributed by atoms with Crippen molar-refractivity contribution in [1.29, 1.82) is 0 Å². The van der Waals surface area contributed by atoms with Gasteiger partial charge < -0.3 is 28.8 Å². The number of methoxy groups -OCH3 is 2. The van der Waals surface area contributed by atoms with Gasteiger partial charge in [0.05, 0.1) is 20.8 Å². The number of rotatable bonds is 13. The molecule has 11 nitrogen and oxygen atoms in total. The Morgan fingerprint density at radius 2 is 1.73 bits per heavy atom. The Labute approximate surface area is 234 Å². The molecular formula is C29H37N5O6. The lowest BCUT2D eigenvalue weighted by atomic mass is 10.1. The van der Waals surface area contributed by atoms with E-state index in [-0.39, 0.29) is 30.0 Å². The van der Waals surface area contributed by atoms with Crippen molar-refractivity contribution < 1.29 is 23.7 Å². The van der Waals surface area contributed by atoms with Crippen LogP contribution < -0.4 is 19.8 Å². The summed E-state index contributed by atoms with van der Waals surface area (Å²) in [4.78, 5) is 32.5. The van der Waals surface area contributed by atoms with Gasteiger partial charge in [-0.1, -0.05) is 12.1 Å². The third-order valence-corrected chi connectivity index (χ3v) is 6.76. The van der Waals surface area contributed by atoms with E-state index in [1.165, 1.54) is 5.56 Å². The van der Waals surface area contributed by atoms with Crippen molar-refractivity contribution in [2.75, 3.05) is 60.2 Å². The van der Waals surface area contributed by atoms with Crippen LogP contribution in [0, 0.1) is 0 Å². The van der Waals surface area contributed by atoms with Crippen LogP contribution in [0.1, 0.15) is 24.6 Å². The van der Waals surface area contributed by atoms with Gasteiger partial charge in [0, 0.05) is 57.7 Å². The van der Waals surface area contributed by atoms with Gasteiger partial charge in [0.15, 0.2) is 17.3 Å². The molecule has 0 atom stereocenters. The number of piperazine rings is 1. The van der Waals surface area contributed by atoms with Crippen LogP contribution in [-0.4, -0.2) is 91.1 Å². The molecule has 1 aliphatic heterocycles. The molecular weight excluding hydrogens is 514 g/mol. The number of carbonyl (C=O) groups excluding carboxylic acids is 1. The van der Waals surface area contributed by atoms with Gasteiger partial charge in [-0.25, -0.2) is 0 Å². The Morgan fingerprint density at radius 3 is 2.40 bits per heavy atom. The zero-order valence-electron chi connectivity index (χ0n) is 23.4. The van der Waals surface area contributed by atoms with E-state index in [0.29, 0.717) is 55.8 Å². The standard InChI is InChI=1S/C29H37N5O6/c1-4-39-17-18-40-25-11-7-22(19-26(25)38-3)28-30-29(36)24(31-32-28)10-12-27(35)34-15-13-33(14-16-34)20-21-5-8-23(37-2)9-6-21/h5-9,11,19H,4,10,12-18,20H2,1-3H3,(H,30,32,36). The number of benzene rings is 2. The summed E-state index contributed by atoms with van der Waals surface area (Å²) < 4.78 is 21.6. The fraction of sp³-hybridized carbons (Fsp3) is 0.448. The number of hydrogen-bond donors (Lipinski definition) is 1. The smallest absolute Gasteiger partial charge is 0.273 e. The summed E-state index contributed by atoms with van der Waals surface area (Å²) in [6.07, 6.45) is 0.431. The van der Waals surface area contributed by atoms with E-state index in [0.717, 1.165) is 25.4 Å². The van der Waals surface area contributed by atoms with Crippen LogP contribution in [0.15, 0.2) is 47.3 Å². The molecule has 1 aliphatic rings. The third-order valence-electron chi connectivity index (χ3n) is 6.76. The molecule has 0 aliphatic carbocycles. The van der Waals surface area contributed by atoms with E-state index >= 15 is 0 Å². The minimum absolute atomic E-state index is 0.0130. The highest BCUT2D eigenvalue weighted by atomic mass is 16.5. The number of nitrogens with one attached hydrogen (secondary N) is 1. The molecule has 1 amide bonds. The summed E-state index contributed by atoms with van der Waals surface area (Å²) in [6.45, 7) is 7.16. The Morgan fingerprint density at radius 1 is 0.950 bits per heavy atom. The fourth-order valence-corrected chi connectivity index (χ4v) is 4.47. The van der Waals surface area contributed by atoms with Crippen LogP contribution in [0.25, 0.3) is 11.4 Å². The molecule has 11 heteroatoms. The molecule has 214 valence electrons. The Hall–Kier alpha value is -3.96. The van der Waals surface area contributed by atoms with Crippen LogP contribution in [-0.2, 0) is 22.5 Å². The quantitative estimate of drug-likeness (QED) is 0.320. The van der Waals surface area contributed by atoms with E-state index in [1.807, 2.05) is 24.0 Å². The lowest BCUT2D eigenvalue weighted by Gasteiger charge is -2.34. The normalized spacial score (nSPS) is 13.7. The minimum atomic E-state index is -0.363. The van der Waals surface area contributed by atoms with Gasteiger partial charge in [-0.05, 0) is 42.8 Å². The van der Waals surface area contributed by atoms with E-state index in [4.69, 9.17) is 18.9 Å². The summed E-state index contributed by atoms with van der Waals surface area (Å²) >= 11 is 0. The maximum absolute atomic E-state index is 12.8. The zero-order chi connectivity index (χ0) is 28.3. The van der Waals surface area contributed by atoms with E-state index in [9.17, 15) is 9.59 Å². The Bertz CT molecular complexity index is 1310. The number of ether oxygens (including phenoxy) is 4. The number of amides is 1. The third kappa shape index (κ3) is 7.80. The fourth-order valence-electron chi connectivity index (χ4n) is 4.47. The summed E-state index contributed by atoms with van der Waals surface area (Å²) in [5.74, 6) is 2.24. The maximum Gasteiger partial charge on any atom is 0.273 e. The number of hydrogen-bond acceptors (Lipinski definition) is 9. The lowest BCUT2D eigenvalue weighted by Crippen LogP contribution is -2.48. The van der Waals surface area contributed by atoms with E-state index < -0.39 is 0 Å². The summed E-state index contributed by atoms with van der Waals surface area (Å²) in [5, 5.41) is 8.31. The molecule has 0 saturated carbocycles. The molecule has 2 aromatic carbocycles. The summed E-state index contributed by atoms with van der Waals surface area (Å²) in [5.41, 5.74) is 1.71. The molecule has 0 unspecified atom stereocenters. The number of carbonyl (C=O) groups is 1. The van der Waals surface area contributed by atoms with Crippen LogP contribution in [0.4, 0.5) is 0 Å². The Kier molecular flexibility index (Phi) is 10.5. The zero-order valence-corrected chi connectivity index (χ0v) is 23.4. The predicted octanol–water partition coefficient (Wildman–Crippen LogP) is 2.54. The average Bonchev–Trinajstić information content (AvgIpc) is 2.99. The second-order valence-corrected chi connectivity index (χ2v) is 9.37. The van der Waals surface area contributed by atoms with Crippen molar-refractivity contribution in [3.05, 3.63) is 64.1 Å². The van der Waals surface area contributed by atoms with Crippen molar-refractivity contribution in [2.45, 2.75) is 26.3 Å². The first-order valence-corrected chi connectivity index (χ1v) is 13.5. The highest BCUT2D eigenvalue weighted by Crippen LogP contribution is 2.31. The predicted molar refractivity (Wildman–Crippen MR) is 150 cm³/mol. The SMILES string of the molecule is CCOCCOc1ccc(-c2nnc(CCC(=O)N3CCN(Cc4ccc(OC)cc4)CC3)c(=O)[nH]2)cc1OC. The average molecular weight is 552 g/mol. The first-order chi connectivity index (χ1) is 19.5. The molecule has 1 aromatic heterocycles. The van der Waals surface area contributed by atoms with Crippen molar-refractivity contribution >= 4 is 5.91 Å². The molecule has 0 radical (unpaired) electrons. The lowest BCUT2D eigenvalue weighted by molar-refractivity contribution is -0.133. The second-order valence-electron chi connectivity index (χ2n) is 9.37. The number of H-pyrrole nitrogens is 1. The van der Waals surface area contributed by atoms with Gasteiger partial charge in [-0.15, -0.1) is 10.2 Å². The van der Waals surface area contributed by atoms with Crippen LogP contribution in [0.2, 0.25) is 0 Å². The van der Waals surface area contributed by atoms with Gasteiger partial charge in [0.1, 0.15) is 18.1 Å². The highest BCUT2D eigenvalue weighted by Gasteiger charge is 2.22. The van der Waals surface area contributed by atoms with Crippen LogP contribution >= 0.6 is 0 Å². The van der Waals surface area contributed by atoms with E-state index in [1.54, 1.807) is 32.4 Å². The number of aromatic nitrogens is 3. The molecule has 4 rings (SSSR count). The number of aromatic amines is 1. The Balaban J connectivity index is 1.27. The molecule has 2 heterocycles. The number of nitrogens with zero attached hydrogens (tertiary/aromatic N) is 4. The second kappa shape index (κ2) is 14.4. The van der Waals surface area contributed by atoms with Crippen molar-refractivity contribution in [3.63, 3.8) is 0 Å². The topological polar surface area (TPSA) is 119 Å². The maximum atomic E-state index is 12.8. The molecule has 1 fully saturated rings. The highest BCUT2D eigenvalue weighted by molar-refractivity contribution is 5.76. The first-order valence-electron chi connectivity index (χ1n) is 13.5. The van der Waals surface area contributed by atoms with Gasteiger partial charge in [0.2, 0.25) is 5.91 Å². The van der Waals surface area contributed by atoms with Gasteiger partial charge >= 0.3 is 0 Å². The largest absolute Gasteiger partial charge is 0.497 e. The van der Waals surface area contributed by atoms with Crippen molar-refractivity contribution in [3.8, 4) is 28.6 Å². The van der Waals surface area contributed by atoms with Gasteiger partial charge in [0.25, 0.3) is 5.56 Å². The molecule has 3 aromatic rings. The monoisotopic (exact) mass is 551 g/mol. The summed E-state index contributed by atoms with van der Waals surface area (Å²) in [6, 6.07) is 13.3. The van der Waals surface area contributed by atoms with Gasteiger partial charge in [-0.3, -0.25) is 14.5 Å². The van der Waals surface area contributed by atoms with Crippen molar-refractivity contribution in [1.82, 2.24) is 25.0 Å². The van der Waals surface area contributed by atoms with E-state index in [2.05, 4.69) is 32.2 Å². The minimum Gasteiger partial charge on any atom is -0.497 e. The van der Waals surface area contributed by atoms with Crippen LogP contribution in [0.3, 0.4) is 0 Å².